The first-order valence-electron chi connectivity index (χ1n) is 15.3. The number of nitrogens with zero attached hydrogens (tertiary/aromatic N) is 3. The van der Waals surface area contributed by atoms with Crippen LogP contribution >= 0.6 is 0 Å². The van der Waals surface area contributed by atoms with Crippen molar-refractivity contribution < 1.29 is 33.2 Å². The molecule has 0 bridgehead atoms. The van der Waals surface area contributed by atoms with Crippen LogP contribution in [0.3, 0.4) is 0 Å². The van der Waals surface area contributed by atoms with Gasteiger partial charge in [-0.2, -0.15) is 4.98 Å². The topological polar surface area (TPSA) is 171 Å². The number of aryl methyl sites for hydroxylation is 1. The number of benzene rings is 1. The summed E-state index contributed by atoms with van der Waals surface area (Å²) in [4.78, 5) is 47.3. The van der Waals surface area contributed by atoms with Crippen molar-refractivity contribution in [1.29, 1.82) is 0 Å². The van der Waals surface area contributed by atoms with E-state index in [4.69, 9.17) is 19.7 Å². The van der Waals surface area contributed by atoms with Gasteiger partial charge in [-0.15, -0.1) is 5.48 Å². The molecule has 1 aromatic carbocycles. The Hall–Kier alpha value is -3.87. The molecule has 0 radical (unpaired) electrons. The van der Waals surface area contributed by atoms with Crippen molar-refractivity contribution in [3.63, 3.8) is 0 Å². The van der Waals surface area contributed by atoms with Gasteiger partial charge < -0.3 is 24.6 Å². The first kappa shape index (κ1) is 34.6. The van der Waals surface area contributed by atoms with Crippen molar-refractivity contribution in [2.45, 2.75) is 111 Å². The summed E-state index contributed by atoms with van der Waals surface area (Å²) in [7, 11) is 0. The number of rotatable bonds is 12. The molecular formula is C31H48N6O7. The lowest BCUT2D eigenvalue weighted by atomic mass is 9.83. The van der Waals surface area contributed by atoms with Gasteiger partial charge in [0.15, 0.2) is 0 Å². The van der Waals surface area contributed by atoms with Gasteiger partial charge >= 0.3 is 18.3 Å². The molecule has 0 aliphatic carbocycles. The van der Waals surface area contributed by atoms with Gasteiger partial charge in [0, 0.05) is 24.1 Å². The molecule has 13 nitrogen and oxygen atoms in total. The Bertz CT molecular complexity index is 1250. The maximum atomic E-state index is 12.9. The molecule has 3 amide bonds. The Morgan fingerprint density at radius 3 is 2.18 bits per heavy atom. The first-order valence-corrected chi connectivity index (χ1v) is 15.3. The summed E-state index contributed by atoms with van der Waals surface area (Å²) in [5.74, 6) is -1.00. The van der Waals surface area contributed by atoms with E-state index in [1.807, 2.05) is 17.6 Å². The fraction of sp³-hybridized carbons (Fsp3) is 0.645. The average Bonchev–Trinajstić information content (AvgIpc) is 3.36. The van der Waals surface area contributed by atoms with Crippen molar-refractivity contribution >= 4 is 18.3 Å². The van der Waals surface area contributed by atoms with Crippen LogP contribution in [0.5, 0.6) is 0 Å². The molecule has 3 rings (SSSR count). The molecule has 244 valence electrons. The van der Waals surface area contributed by atoms with Gasteiger partial charge in [0.25, 0.3) is 5.85 Å². The predicted octanol–water partition coefficient (Wildman–Crippen LogP) is 6.00. The lowest BCUT2D eigenvalue weighted by Gasteiger charge is -2.55. The van der Waals surface area contributed by atoms with Crippen LogP contribution in [0, 0.1) is 5.41 Å². The molecule has 1 unspecified atom stereocenters. The van der Waals surface area contributed by atoms with Crippen LogP contribution < -0.4 is 16.5 Å². The number of amides is 3. The SMILES string of the molecule is CCCCCCCCc1ccc(-c2noc(C3CN(C(NC(=O)OC(C)(C)C)(OC(=O)NOC(N)=O)C(C)(C)C)C3)n2)cc1. The Balaban J connectivity index is 1.70. The normalized spacial score (nSPS) is 15.5. The number of nitrogens with two attached hydrogens (primary N) is 1. The third-order valence-electron chi connectivity index (χ3n) is 7.31. The number of aromatic nitrogens is 2. The molecule has 1 aromatic heterocycles. The Morgan fingerprint density at radius 1 is 0.955 bits per heavy atom. The summed E-state index contributed by atoms with van der Waals surface area (Å²) in [5.41, 5.74) is 7.22. The zero-order valence-corrected chi connectivity index (χ0v) is 27.0. The molecule has 0 spiro atoms. The van der Waals surface area contributed by atoms with E-state index in [1.54, 1.807) is 46.4 Å². The number of ether oxygens (including phenoxy) is 2. The van der Waals surface area contributed by atoms with Gasteiger partial charge in [-0.1, -0.05) is 89.2 Å². The number of unbranched alkanes of at least 4 members (excludes halogenated alkanes) is 5. The molecule has 2 aromatic rings. The third kappa shape index (κ3) is 9.57. The van der Waals surface area contributed by atoms with Gasteiger partial charge in [0.1, 0.15) is 5.60 Å². The van der Waals surface area contributed by atoms with Gasteiger partial charge in [-0.25, -0.2) is 19.3 Å². The average molecular weight is 617 g/mol. The zero-order chi connectivity index (χ0) is 32.5. The van der Waals surface area contributed by atoms with Crippen molar-refractivity contribution in [3.05, 3.63) is 35.7 Å². The van der Waals surface area contributed by atoms with Crippen molar-refractivity contribution in [2.75, 3.05) is 13.1 Å². The predicted molar refractivity (Wildman–Crippen MR) is 163 cm³/mol. The molecule has 1 saturated heterocycles. The van der Waals surface area contributed by atoms with E-state index in [-0.39, 0.29) is 5.92 Å². The number of nitrogens with one attached hydrogen (secondary N) is 2. The zero-order valence-electron chi connectivity index (χ0n) is 27.0. The highest BCUT2D eigenvalue weighted by molar-refractivity contribution is 5.72. The highest BCUT2D eigenvalue weighted by atomic mass is 16.7. The smallest absolute Gasteiger partial charge is 0.443 e. The fourth-order valence-corrected chi connectivity index (χ4v) is 5.01. The number of hydroxylamine groups is 1. The van der Waals surface area contributed by atoms with Crippen LogP contribution in [0.15, 0.2) is 28.8 Å². The second-order valence-electron chi connectivity index (χ2n) is 13.2. The van der Waals surface area contributed by atoms with E-state index in [2.05, 4.69) is 39.4 Å². The molecule has 1 atom stereocenters. The molecule has 1 fully saturated rings. The Labute approximate surface area is 259 Å². The Morgan fingerprint density at radius 2 is 1.59 bits per heavy atom. The maximum Gasteiger partial charge on any atom is 0.443 e. The second kappa shape index (κ2) is 14.7. The number of hydrogen-bond acceptors (Lipinski definition) is 10. The number of hydrogen-bond donors (Lipinski definition) is 3. The third-order valence-corrected chi connectivity index (χ3v) is 7.31. The van der Waals surface area contributed by atoms with Crippen molar-refractivity contribution in [1.82, 2.24) is 25.8 Å². The largest absolute Gasteiger partial charge is 0.444 e. The van der Waals surface area contributed by atoms with E-state index < -0.39 is 35.1 Å². The van der Waals surface area contributed by atoms with Crippen molar-refractivity contribution in [3.8, 4) is 11.4 Å². The Kier molecular flexibility index (Phi) is 11.6. The summed E-state index contributed by atoms with van der Waals surface area (Å²) in [6, 6.07) is 8.22. The lowest BCUT2D eigenvalue weighted by Crippen LogP contribution is -2.74. The van der Waals surface area contributed by atoms with Crippen molar-refractivity contribution in [2.24, 2.45) is 11.1 Å². The van der Waals surface area contributed by atoms with Gasteiger partial charge in [0.05, 0.1) is 5.92 Å². The second-order valence-corrected chi connectivity index (χ2v) is 13.2. The first-order chi connectivity index (χ1) is 20.6. The standard InChI is InChI=1S/C31H48N6O7/c1-8-9-10-11-12-13-14-21-15-17-22(18-16-21)24-33-25(43-35-24)23-19-37(20-23)31(29(2,3)4,34-27(39)41-30(5,6)7)42-28(40)36-44-26(32)38/h15-18,23H,8-14,19-20H2,1-7H3,(H2,32,38)(H,34,39)(H,36,40). The van der Waals surface area contributed by atoms with Crippen LogP contribution in [-0.2, 0) is 20.7 Å². The number of carbonyl (C=O) groups is 3. The molecule has 1 aliphatic heterocycles. The van der Waals surface area contributed by atoms with Gasteiger partial charge in [0.2, 0.25) is 11.7 Å². The van der Waals surface area contributed by atoms with Gasteiger partial charge in [-0.05, 0) is 39.2 Å². The summed E-state index contributed by atoms with van der Waals surface area (Å²) in [5, 5.41) is 6.91. The minimum Gasteiger partial charge on any atom is -0.444 e. The van der Waals surface area contributed by atoms with Crippen LogP contribution in [0.1, 0.15) is 104 Å². The number of primary amides is 1. The van der Waals surface area contributed by atoms with Crippen LogP contribution in [0.25, 0.3) is 11.4 Å². The van der Waals surface area contributed by atoms with E-state index >= 15 is 0 Å². The minimum atomic E-state index is -1.72. The lowest BCUT2D eigenvalue weighted by molar-refractivity contribution is -0.225. The maximum absolute atomic E-state index is 12.9. The molecule has 0 saturated carbocycles. The molecular weight excluding hydrogens is 568 g/mol. The van der Waals surface area contributed by atoms with Crippen LogP contribution in [-0.4, -0.2) is 57.9 Å². The van der Waals surface area contributed by atoms with Gasteiger partial charge in [-0.3, -0.25) is 5.32 Å². The highest BCUT2D eigenvalue weighted by Gasteiger charge is 2.57. The van der Waals surface area contributed by atoms with Crippen LogP contribution in [0.2, 0.25) is 0 Å². The summed E-state index contributed by atoms with van der Waals surface area (Å²) in [6.45, 7) is 13.3. The summed E-state index contributed by atoms with van der Waals surface area (Å²) < 4.78 is 16.8. The molecule has 1 aliphatic rings. The minimum absolute atomic E-state index is 0.195. The van der Waals surface area contributed by atoms with E-state index in [9.17, 15) is 14.4 Å². The number of carbonyl (C=O) groups excluding carboxylic acids is 3. The molecule has 4 N–H and O–H groups in total. The quantitative estimate of drug-likeness (QED) is 0.111. The van der Waals surface area contributed by atoms with E-state index in [1.165, 1.54) is 44.1 Å². The summed E-state index contributed by atoms with van der Waals surface area (Å²) >= 11 is 0. The molecule has 44 heavy (non-hydrogen) atoms. The monoisotopic (exact) mass is 616 g/mol. The fourth-order valence-electron chi connectivity index (χ4n) is 5.01. The van der Waals surface area contributed by atoms with Crippen LogP contribution in [0.4, 0.5) is 14.4 Å². The van der Waals surface area contributed by atoms with E-state index in [0.29, 0.717) is 24.8 Å². The summed E-state index contributed by atoms with van der Waals surface area (Å²) in [6.07, 6.45) is 5.44. The highest BCUT2D eigenvalue weighted by Crippen LogP contribution is 2.42. The number of likely N-dealkylation sites (tertiary alicyclic amines) is 1. The molecule has 13 heteroatoms. The number of alkyl carbamates (subject to hydrolysis) is 1. The van der Waals surface area contributed by atoms with E-state index in [0.717, 1.165) is 12.0 Å². The molecule has 2 heterocycles.